The highest BCUT2D eigenvalue weighted by Crippen LogP contribution is 2.40. The van der Waals surface area contributed by atoms with E-state index < -0.39 is 5.92 Å². The Bertz CT molecular complexity index is 4780. The number of nitrogens with one attached hydrogen (secondary N) is 1. The monoisotopic (exact) mass is 1850 g/mol. The van der Waals surface area contributed by atoms with Gasteiger partial charge in [0.1, 0.15) is 5.78 Å². The number of alkyl halides is 2. The van der Waals surface area contributed by atoms with Gasteiger partial charge in [0.25, 0.3) is 5.92 Å². The van der Waals surface area contributed by atoms with Gasteiger partial charge in [-0.25, -0.2) is 8.78 Å². The summed E-state index contributed by atoms with van der Waals surface area (Å²) in [6.45, 7) is 61.0. The quantitative estimate of drug-likeness (QED) is 0.133. The smallest absolute Gasteiger partial charge is 0.251 e. The van der Waals surface area contributed by atoms with Crippen molar-refractivity contribution in [2.75, 3.05) is 154 Å². The van der Waals surface area contributed by atoms with E-state index in [1.165, 1.54) is 56.0 Å². The van der Waals surface area contributed by atoms with Gasteiger partial charge in [-0.3, -0.25) is 24.0 Å². The summed E-state index contributed by atoms with van der Waals surface area (Å²) in [6, 6.07) is 55.8. The Morgan fingerprint density at radius 1 is 0.356 bits per heavy atom. The van der Waals surface area contributed by atoms with Gasteiger partial charge in [0.15, 0.2) is 0 Å². The van der Waals surface area contributed by atoms with Crippen molar-refractivity contribution in [1.82, 2.24) is 15.1 Å². The zero-order chi connectivity index (χ0) is 97.7. The number of Topliss-reactive ketones (excluding diaryl/α,β-unsaturated/α-hetero) is 1. The van der Waals surface area contributed by atoms with Crippen LogP contribution in [-0.2, 0) is 61.9 Å². The lowest BCUT2D eigenvalue weighted by molar-refractivity contribution is -0.134. The number of piperazine rings is 1. The number of amides is 4. The number of rotatable bonds is 11. The second-order valence-corrected chi connectivity index (χ2v) is 45.8. The minimum Gasteiger partial charge on any atom is -0.371 e. The SMILES string of the molecule is CC(C)(C)c1ccc(N2CCC(F)(F)CC2)cc1.CC(C)(C)c1ccc(N2CCCCC2=O)c(Cl)c1.CC(C)(C)c1ccc(N2CCCCC2=O)cc1.CC(C)(C)c1cccc(N2CCNCC2)c1.CCC(=O)C1CCCN(c2ccc(C(C)(C)C)cc2)C1.CN(C)C(=O)C1CCN(c2ccc(C(C)(C)C)cc2)CC1.CN(C)C(=O)C1CCN(c2ccc(C(C)(C)C)cc2Cl)CC1. The lowest BCUT2D eigenvalue weighted by Crippen LogP contribution is -2.43. The molecule has 132 heavy (non-hydrogen) atoms. The van der Waals surface area contributed by atoms with Crippen LogP contribution < -0.4 is 39.6 Å². The molecule has 7 aromatic rings. The molecule has 7 heterocycles. The van der Waals surface area contributed by atoms with Crippen molar-refractivity contribution in [2.24, 2.45) is 17.8 Å². The van der Waals surface area contributed by atoms with Crippen molar-refractivity contribution < 1.29 is 32.8 Å². The van der Waals surface area contributed by atoms with Gasteiger partial charge in [-0.15, -0.1) is 0 Å². The first kappa shape index (κ1) is 109. The highest BCUT2D eigenvalue weighted by Gasteiger charge is 2.36. The second-order valence-electron chi connectivity index (χ2n) is 45.0. The van der Waals surface area contributed by atoms with Gasteiger partial charge in [0, 0.05) is 198 Å². The molecule has 0 aromatic heterocycles. The molecule has 1 atom stereocenters. The average Bonchev–Trinajstić information content (AvgIpc) is 0.751. The van der Waals surface area contributed by atoms with E-state index in [0.29, 0.717) is 43.2 Å². The zero-order valence-electron chi connectivity index (χ0n) is 85.8. The third kappa shape index (κ3) is 32.9. The van der Waals surface area contributed by atoms with E-state index >= 15 is 0 Å². The number of carbonyl (C=O) groups excluding carboxylic acids is 5. The first-order chi connectivity index (χ1) is 61.6. The topological polar surface area (TPSA) is 127 Å². The van der Waals surface area contributed by atoms with Gasteiger partial charge >= 0.3 is 0 Å². The fourth-order valence-corrected chi connectivity index (χ4v) is 18.2. The third-order valence-corrected chi connectivity index (χ3v) is 27.3. The van der Waals surface area contributed by atoms with E-state index in [9.17, 15) is 32.8 Å². The van der Waals surface area contributed by atoms with Crippen LogP contribution in [0.1, 0.15) is 288 Å². The molecule has 726 valence electrons. The number of nitrogens with zero attached hydrogens (tertiary/aromatic N) is 9. The number of hydrogen-bond donors (Lipinski definition) is 1. The maximum Gasteiger partial charge on any atom is 0.251 e. The molecule has 0 spiro atoms. The second kappa shape index (κ2) is 47.8. The van der Waals surface area contributed by atoms with Gasteiger partial charge in [-0.2, -0.15) is 0 Å². The molecule has 7 fully saturated rings. The van der Waals surface area contributed by atoms with Crippen molar-refractivity contribution in [3.63, 3.8) is 0 Å². The summed E-state index contributed by atoms with van der Waals surface area (Å²) in [5.41, 5.74) is 18.2. The molecule has 15 nitrogen and oxygen atoms in total. The molecule has 19 heteroatoms. The first-order valence-corrected chi connectivity index (χ1v) is 49.9. The van der Waals surface area contributed by atoms with E-state index in [4.69, 9.17) is 23.2 Å². The van der Waals surface area contributed by atoms with Gasteiger partial charge in [-0.05, 0) is 226 Å². The highest BCUT2D eigenvalue weighted by atomic mass is 35.5. The molecule has 0 bridgehead atoms. The molecule has 14 rings (SSSR count). The predicted octanol–water partition coefficient (Wildman–Crippen LogP) is 25.7. The summed E-state index contributed by atoms with van der Waals surface area (Å²) in [5, 5.41) is 4.88. The summed E-state index contributed by atoms with van der Waals surface area (Å²) in [6.07, 6.45) is 12.0. The van der Waals surface area contributed by atoms with E-state index in [1.807, 2.05) is 74.1 Å². The largest absolute Gasteiger partial charge is 0.371 e. The van der Waals surface area contributed by atoms with Crippen LogP contribution in [0.4, 0.5) is 48.6 Å². The molecule has 1 unspecified atom stereocenters. The zero-order valence-corrected chi connectivity index (χ0v) is 87.3. The standard InChI is InChI=1S/C18H27ClN2O.C18H28N2O.C18H27NO.C15H20ClNO.C15H21F2N.C15H21NO.C14H22N2/c1-18(2,3)14-6-7-16(15(19)12-14)21-10-8-13(9-11-21)17(22)20(4)5;1-18(2,3)15-6-8-16(9-7-15)20-12-10-14(11-13-20)17(21)19(4)5;1-5-17(20)14-7-6-12-19(13-14)16-10-8-15(9-11-16)18(2,3)4;1-15(2,3)11-7-8-13(12(16)10-11)17-9-5-4-6-14(17)18;1-14(2,3)12-4-6-13(7-5-12)18-10-8-15(16,17)9-11-18;1-15(2,3)12-7-9-13(10-8-12)16-11-5-4-6-14(16)17;1-14(2,3)12-5-4-6-13(11-12)16-9-7-15-8-10-16/h6-7,12-13H,8-11H2,1-5H3;6-9,14H,10-13H2,1-5H3;8-11,14H,5-7,12-13H2,1-4H3;7-8,10H,4-6,9H2,1-3H3;4-7H,8-11H2,1-3H3;7-10H,4-6,11H2,1-3H3;4-6,11,15H,7-10H2,1-3H3. The first-order valence-electron chi connectivity index (χ1n) is 49.2. The number of anilines is 7. The van der Waals surface area contributed by atoms with Gasteiger partial charge in [0.05, 0.1) is 21.4 Å². The van der Waals surface area contributed by atoms with Crippen LogP contribution in [0.5, 0.6) is 0 Å². The van der Waals surface area contributed by atoms with Crippen molar-refractivity contribution in [3.05, 3.63) is 207 Å². The fraction of sp³-hybridized carbons (Fsp3) is 0.584. The third-order valence-electron chi connectivity index (χ3n) is 26.7. The Morgan fingerprint density at radius 3 is 1.07 bits per heavy atom. The van der Waals surface area contributed by atoms with Crippen LogP contribution in [-0.4, -0.2) is 165 Å². The van der Waals surface area contributed by atoms with Gasteiger partial charge in [0.2, 0.25) is 23.6 Å². The van der Waals surface area contributed by atoms with Crippen LogP contribution >= 0.6 is 23.2 Å². The van der Waals surface area contributed by atoms with E-state index in [-0.39, 0.29) is 92.1 Å². The van der Waals surface area contributed by atoms with E-state index in [1.54, 1.807) is 9.80 Å². The van der Waals surface area contributed by atoms with E-state index in [2.05, 4.69) is 304 Å². The highest BCUT2D eigenvalue weighted by molar-refractivity contribution is 6.34. The van der Waals surface area contributed by atoms with E-state index in [0.717, 1.165) is 171 Å². The maximum absolute atomic E-state index is 13.1. The Hall–Kier alpha value is -8.51. The van der Waals surface area contributed by atoms with Crippen molar-refractivity contribution in [1.29, 1.82) is 0 Å². The summed E-state index contributed by atoms with van der Waals surface area (Å²) < 4.78 is 26.2. The van der Waals surface area contributed by atoms with Crippen LogP contribution in [0.25, 0.3) is 0 Å². The Balaban J connectivity index is 0.000000190. The Morgan fingerprint density at radius 2 is 0.697 bits per heavy atom. The number of benzene rings is 7. The molecule has 0 aliphatic carbocycles. The van der Waals surface area contributed by atoms with Crippen LogP contribution in [0, 0.1) is 17.8 Å². The van der Waals surface area contributed by atoms with Crippen LogP contribution in [0.15, 0.2) is 158 Å². The normalized spacial score (nSPS) is 17.9. The molecular formula is C113H166Cl2F2N10O5. The Labute approximate surface area is 806 Å². The molecule has 0 radical (unpaired) electrons. The number of hydrogen-bond acceptors (Lipinski definition) is 11. The molecule has 0 saturated carbocycles. The lowest BCUT2D eigenvalue weighted by Gasteiger charge is -2.34. The minimum atomic E-state index is -2.47. The number of carbonyl (C=O) groups is 5. The molecule has 7 aromatic carbocycles. The summed E-state index contributed by atoms with van der Waals surface area (Å²) in [5.74, 6) is -0.499. The Kier molecular flexibility index (Phi) is 39.4. The maximum atomic E-state index is 13.1. The average molecular weight is 1850 g/mol. The molecule has 7 aliphatic rings. The molecule has 7 aliphatic heterocycles. The minimum absolute atomic E-state index is 0.0337. The van der Waals surface area contributed by atoms with Gasteiger partial charge in [-0.1, -0.05) is 248 Å². The molecular weight excluding hydrogens is 1690 g/mol. The predicted molar refractivity (Wildman–Crippen MR) is 557 cm³/mol. The molecule has 1 N–H and O–H groups in total. The lowest BCUT2D eigenvalue weighted by atomic mass is 9.87. The van der Waals surface area contributed by atoms with Crippen molar-refractivity contribution in [3.8, 4) is 0 Å². The van der Waals surface area contributed by atoms with Crippen LogP contribution in [0.2, 0.25) is 10.0 Å². The summed E-state index contributed by atoms with van der Waals surface area (Å²) in [7, 11) is 7.35. The van der Waals surface area contributed by atoms with Crippen molar-refractivity contribution >= 4 is 92.4 Å². The number of halogens is 4. The van der Waals surface area contributed by atoms with Crippen LogP contribution in [0.3, 0.4) is 0 Å². The van der Waals surface area contributed by atoms with Gasteiger partial charge < -0.3 is 49.4 Å². The summed E-state index contributed by atoms with van der Waals surface area (Å²) in [4.78, 5) is 78.4. The molecule has 4 amide bonds. The fourth-order valence-electron chi connectivity index (χ4n) is 17.6. The number of piperidine rings is 6. The molecule has 7 saturated heterocycles. The number of ketones is 1. The summed E-state index contributed by atoms with van der Waals surface area (Å²) >= 11 is 12.8. The van der Waals surface area contributed by atoms with Crippen molar-refractivity contribution in [2.45, 2.75) is 292 Å².